The van der Waals surface area contributed by atoms with Gasteiger partial charge in [0.05, 0.1) is 28.6 Å². The van der Waals surface area contributed by atoms with Gasteiger partial charge in [-0.25, -0.2) is 13.8 Å². The molecule has 0 saturated heterocycles. The van der Waals surface area contributed by atoms with Crippen LogP contribution in [0.25, 0.3) is 15.9 Å². The Kier molecular flexibility index (Phi) is 5.79. The van der Waals surface area contributed by atoms with E-state index in [1.807, 2.05) is 6.07 Å². The fraction of sp³-hybridized carbons (Fsp3) is 0.0476. The Morgan fingerprint density at radius 1 is 1.19 bits per heavy atom. The topological polar surface area (TPSA) is 87.8 Å². The van der Waals surface area contributed by atoms with Crippen LogP contribution in [0, 0.1) is 23.0 Å². The van der Waals surface area contributed by atoms with Gasteiger partial charge in [0.15, 0.2) is 5.16 Å². The predicted molar refractivity (Wildman–Crippen MR) is 116 cm³/mol. The van der Waals surface area contributed by atoms with Gasteiger partial charge in [0, 0.05) is 11.8 Å². The van der Waals surface area contributed by atoms with E-state index in [1.54, 1.807) is 29.6 Å². The lowest BCUT2D eigenvalue weighted by atomic mass is 10.2. The second-order valence-corrected chi connectivity index (χ2v) is 8.19. The van der Waals surface area contributed by atoms with E-state index in [1.165, 1.54) is 17.4 Å². The van der Waals surface area contributed by atoms with Crippen molar-refractivity contribution in [2.75, 3.05) is 11.1 Å². The minimum absolute atomic E-state index is 0.0186. The molecule has 1 amide bonds. The van der Waals surface area contributed by atoms with Gasteiger partial charge in [0.1, 0.15) is 16.3 Å². The van der Waals surface area contributed by atoms with E-state index >= 15 is 0 Å². The summed E-state index contributed by atoms with van der Waals surface area (Å²) in [6, 6.07) is 12.9. The highest BCUT2D eigenvalue weighted by molar-refractivity contribution is 7.99. The molecule has 0 aliphatic heterocycles. The van der Waals surface area contributed by atoms with E-state index in [9.17, 15) is 18.4 Å². The Labute approximate surface area is 182 Å². The van der Waals surface area contributed by atoms with E-state index in [0.717, 1.165) is 28.5 Å². The summed E-state index contributed by atoms with van der Waals surface area (Å²) in [7, 11) is 0. The molecule has 0 radical (unpaired) electrons. The van der Waals surface area contributed by atoms with Crippen LogP contribution in [0.4, 0.5) is 14.5 Å². The van der Waals surface area contributed by atoms with Gasteiger partial charge in [0.2, 0.25) is 5.91 Å². The third kappa shape index (κ3) is 4.47. The molecule has 31 heavy (non-hydrogen) atoms. The number of carbonyl (C=O) groups excluding carboxylic acids is 1. The molecule has 4 aromatic rings. The van der Waals surface area contributed by atoms with Gasteiger partial charge in [-0.05, 0) is 41.8 Å². The van der Waals surface area contributed by atoms with Crippen molar-refractivity contribution >= 4 is 44.9 Å². The van der Waals surface area contributed by atoms with Crippen molar-refractivity contribution in [3.63, 3.8) is 0 Å². The average molecular weight is 454 g/mol. The zero-order chi connectivity index (χ0) is 22.0. The highest BCUT2D eigenvalue weighted by atomic mass is 32.2. The maximum Gasteiger partial charge on any atom is 0.276 e. The summed E-state index contributed by atoms with van der Waals surface area (Å²) in [6.07, 6.45) is 0. The van der Waals surface area contributed by atoms with Crippen LogP contribution in [0.1, 0.15) is 5.56 Å². The van der Waals surface area contributed by atoms with E-state index in [-0.39, 0.29) is 16.6 Å². The molecule has 0 aliphatic rings. The van der Waals surface area contributed by atoms with Crippen LogP contribution in [-0.4, -0.2) is 21.2 Å². The van der Waals surface area contributed by atoms with Gasteiger partial charge in [-0.15, -0.1) is 11.3 Å². The third-order valence-corrected chi connectivity index (χ3v) is 5.99. The van der Waals surface area contributed by atoms with Crippen LogP contribution in [0.3, 0.4) is 0 Å². The molecule has 0 spiro atoms. The third-order valence-electron chi connectivity index (χ3n) is 4.16. The second kappa shape index (κ2) is 8.67. The molecule has 2 heterocycles. The number of thiophene rings is 1. The first-order valence-corrected chi connectivity index (χ1v) is 10.7. The summed E-state index contributed by atoms with van der Waals surface area (Å²) in [5.41, 5.74) is 0.796. The van der Waals surface area contributed by atoms with E-state index in [0.29, 0.717) is 27.5 Å². The minimum Gasteiger partial charge on any atom is -0.325 e. The van der Waals surface area contributed by atoms with Crippen molar-refractivity contribution in [2.24, 2.45) is 0 Å². The molecule has 0 bridgehead atoms. The number of hydrogen-bond acceptors (Lipinski definition) is 6. The number of rotatable bonds is 5. The van der Waals surface area contributed by atoms with E-state index in [2.05, 4.69) is 10.3 Å². The summed E-state index contributed by atoms with van der Waals surface area (Å²) in [4.78, 5) is 29.8. The Morgan fingerprint density at radius 3 is 2.71 bits per heavy atom. The molecular weight excluding hydrogens is 442 g/mol. The first-order chi connectivity index (χ1) is 14.9. The number of nitrogens with one attached hydrogen (secondary N) is 1. The summed E-state index contributed by atoms with van der Waals surface area (Å²) in [6.45, 7) is 0. The van der Waals surface area contributed by atoms with Gasteiger partial charge in [-0.2, -0.15) is 5.26 Å². The fourth-order valence-corrected chi connectivity index (χ4v) is 4.45. The van der Waals surface area contributed by atoms with Crippen LogP contribution in [-0.2, 0) is 4.79 Å². The summed E-state index contributed by atoms with van der Waals surface area (Å²) >= 11 is 2.13. The first kappa shape index (κ1) is 20.7. The number of aromatic nitrogens is 2. The number of carbonyl (C=O) groups is 1. The van der Waals surface area contributed by atoms with Gasteiger partial charge < -0.3 is 5.32 Å². The number of hydrogen-bond donors (Lipinski definition) is 1. The second-order valence-electron chi connectivity index (χ2n) is 6.33. The maximum atomic E-state index is 13.8. The van der Waals surface area contributed by atoms with Crippen molar-refractivity contribution in [1.29, 1.82) is 5.26 Å². The highest BCUT2D eigenvalue weighted by Crippen LogP contribution is 2.24. The standard InChI is InChI=1S/C21H12F2N4O2S2/c22-13-7-14(23)9-16(8-13)27-20(29)19-17(4-5-30-19)26-21(27)31-11-18(28)25-15-3-1-2-12(6-15)10-24/h1-9H,11H2,(H,25,28). The van der Waals surface area contributed by atoms with Crippen molar-refractivity contribution in [3.05, 3.63) is 81.5 Å². The normalized spacial score (nSPS) is 10.7. The number of amides is 1. The molecule has 10 heteroatoms. The molecule has 6 nitrogen and oxygen atoms in total. The first-order valence-electron chi connectivity index (χ1n) is 8.84. The van der Waals surface area contributed by atoms with Gasteiger partial charge >= 0.3 is 0 Å². The Bertz CT molecular complexity index is 1390. The van der Waals surface area contributed by atoms with Crippen molar-refractivity contribution in [3.8, 4) is 11.8 Å². The van der Waals surface area contributed by atoms with E-state index < -0.39 is 23.1 Å². The minimum atomic E-state index is -0.834. The SMILES string of the molecule is N#Cc1cccc(NC(=O)CSc2nc3ccsc3c(=O)n2-c2cc(F)cc(F)c2)c1. The van der Waals surface area contributed by atoms with Crippen LogP contribution in [0.15, 0.2) is 63.9 Å². The summed E-state index contributed by atoms with van der Waals surface area (Å²) in [5, 5.41) is 13.4. The van der Waals surface area contributed by atoms with Crippen LogP contribution >= 0.6 is 23.1 Å². The highest BCUT2D eigenvalue weighted by Gasteiger charge is 2.17. The predicted octanol–water partition coefficient (Wildman–Crippen LogP) is 4.33. The van der Waals surface area contributed by atoms with Crippen molar-refractivity contribution < 1.29 is 13.6 Å². The van der Waals surface area contributed by atoms with Gasteiger partial charge in [-0.1, -0.05) is 17.8 Å². The number of halogens is 2. The largest absolute Gasteiger partial charge is 0.325 e. The average Bonchev–Trinajstić information content (AvgIpc) is 3.20. The molecular formula is C21H12F2N4O2S2. The number of thioether (sulfide) groups is 1. The molecule has 4 rings (SSSR count). The lowest BCUT2D eigenvalue weighted by Gasteiger charge is -2.12. The molecule has 0 unspecified atom stereocenters. The lowest BCUT2D eigenvalue weighted by Crippen LogP contribution is -2.22. The van der Waals surface area contributed by atoms with Crippen LogP contribution in [0.2, 0.25) is 0 Å². The van der Waals surface area contributed by atoms with Crippen LogP contribution < -0.4 is 10.9 Å². The van der Waals surface area contributed by atoms with E-state index in [4.69, 9.17) is 5.26 Å². The molecule has 0 fully saturated rings. The quantitative estimate of drug-likeness (QED) is 0.358. The molecule has 0 atom stereocenters. The van der Waals surface area contributed by atoms with Crippen molar-refractivity contribution in [2.45, 2.75) is 5.16 Å². The summed E-state index contributed by atoms with van der Waals surface area (Å²) < 4.78 is 29.0. The number of nitriles is 1. The van der Waals surface area contributed by atoms with Gasteiger partial charge in [0.25, 0.3) is 5.56 Å². The zero-order valence-electron chi connectivity index (χ0n) is 15.6. The maximum absolute atomic E-state index is 13.8. The Hall–Kier alpha value is -3.55. The number of benzene rings is 2. The Morgan fingerprint density at radius 2 is 1.97 bits per heavy atom. The molecule has 2 aromatic carbocycles. The zero-order valence-corrected chi connectivity index (χ0v) is 17.3. The van der Waals surface area contributed by atoms with Crippen LogP contribution in [0.5, 0.6) is 0 Å². The summed E-state index contributed by atoms with van der Waals surface area (Å²) in [5.74, 6) is -2.17. The molecule has 154 valence electrons. The smallest absolute Gasteiger partial charge is 0.276 e. The Balaban J connectivity index is 1.66. The number of fused-ring (bicyclic) bond motifs is 1. The fourth-order valence-electron chi connectivity index (χ4n) is 2.88. The molecule has 2 aromatic heterocycles. The molecule has 1 N–H and O–H groups in total. The van der Waals surface area contributed by atoms with Gasteiger partial charge in [-0.3, -0.25) is 14.2 Å². The number of nitrogens with zero attached hydrogens (tertiary/aromatic N) is 3. The number of anilines is 1. The monoisotopic (exact) mass is 454 g/mol. The molecule has 0 aliphatic carbocycles. The molecule has 0 saturated carbocycles. The van der Waals surface area contributed by atoms with Crippen molar-refractivity contribution in [1.82, 2.24) is 9.55 Å². The lowest BCUT2D eigenvalue weighted by molar-refractivity contribution is -0.113.